The molecule has 0 spiro atoms. The van der Waals surface area contributed by atoms with Gasteiger partial charge in [-0.25, -0.2) is 13.1 Å². The minimum atomic E-state index is -3.20. The summed E-state index contributed by atoms with van der Waals surface area (Å²) < 4.78 is 31.2. The van der Waals surface area contributed by atoms with Gasteiger partial charge in [0.2, 0.25) is 10.0 Å². The van der Waals surface area contributed by atoms with Gasteiger partial charge in [-0.05, 0) is 6.42 Å². The van der Waals surface area contributed by atoms with Crippen molar-refractivity contribution in [1.82, 2.24) is 4.72 Å². The summed E-state index contributed by atoms with van der Waals surface area (Å²) in [5, 5.41) is -0.182. The van der Waals surface area contributed by atoms with Crippen LogP contribution >= 0.6 is 23.4 Å². The van der Waals surface area contributed by atoms with Crippen LogP contribution in [0.1, 0.15) is 6.42 Å². The van der Waals surface area contributed by atoms with E-state index < -0.39 is 16.0 Å². The number of sulfonamides is 1. The third-order valence-electron chi connectivity index (χ3n) is 3.31. The highest BCUT2D eigenvalue weighted by atomic mass is 35.5. The van der Waals surface area contributed by atoms with E-state index in [0.29, 0.717) is 6.42 Å². The summed E-state index contributed by atoms with van der Waals surface area (Å²) in [6.45, 7) is 0. The van der Waals surface area contributed by atoms with Gasteiger partial charge in [0.15, 0.2) is 0 Å². The summed E-state index contributed by atoms with van der Waals surface area (Å²) in [4.78, 5) is 11.1. The van der Waals surface area contributed by atoms with E-state index in [-0.39, 0.29) is 33.8 Å². The van der Waals surface area contributed by atoms with E-state index in [1.165, 1.54) is 0 Å². The van der Waals surface area contributed by atoms with Crippen LogP contribution < -0.4 is 4.72 Å². The van der Waals surface area contributed by atoms with Crippen LogP contribution in [0.25, 0.3) is 0 Å². The van der Waals surface area contributed by atoms with Gasteiger partial charge in [0, 0.05) is 10.5 Å². The normalized spacial score (nSPS) is 47.2. The molecule has 3 heterocycles. The molecular formula is C8H10ClNO4S2. The zero-order chi connectivity index (χ0) is 11.5. The lowest BCUT2D eigenvalue weighted by molar-refractivity contribution is -0.147. The predicted molar refractivity (Wildman–Crippen MR) is 60.0 cm³/mol. The quantitative estimate of drug-likeness (QED) is 0.556. The number of esters is 1. The SMILES string of the molecule is O=C(CCl)OC1C2CC3C(S2)C1NS3(=O)=O. The second-order valence-electron chi connectivity index (χ2n) is 4.19. The number of fused-ring (bicyclic) bond motifs is 1. The zero-order valence-electron chi connectivity index (χ0n) is 8.13. The van der Waals surface area contributed by atoms with Crippen LogP contribution in [0.3, 0.4) is 0 Å². The fourth-order valence-corrected chi connectivity index (χ4v) is 7.20. The molecule has 16 heavy (non-hydrogen) atoms. The van der Waals surface area contributed by atoms with E-state index >= 15 is 0 Å². The molecule has 90 valence electrons. The van der Waals surface area contributed by atoms with Gasteiger partial charge in [-0.2, -0.15) is 0 Å². The van der Waals surface area contributed by atoms with E-state index in [1.807, 2.05) is 0 Å². The van der Waals surface area contributed by atoms with Gasteiger partial charge >= 0.3 is 5.97 Å². The third-order valence-corrected chi connectivity index (χ3v) is 7.33. The van der Waals surface area contributed by atoms with Gasteiger partial charge in [0.05, 0.1) is 11.3 Å². The Balaban J connectivity index is 1.84. The number of ether oxygens (including phenoxy) is 1. The molecule has 3 aliphatic rings. The maximum absolute atomic E-state index is 11.7. The molecular weight excluding hydrogens is 274 g/mol. The Hall–Kier alpha value is 0.0200. The molecule has 0 amide bonds. The van der Waals surface area contributed by atoms with Crippen molar-refractivity contribution in [2.75, 3.05) is 5.88 Å². The first-order chi connectivity index (χ1) is 7.53. The molecule has 0 aromatic heterocycles. The summed E-state index contributed by atoms with van der Waals surface area (Å²) in [6, 6.07) is -0.258. The third kappa shape index (κ3) is 1.41. The Morgan fingerprint density at radius 3 is 3.00 bits per heavy atom. The van der Waals surface area contributed by atoms with Crippen molar-refractivity contribution in [2.24, 2.45) is 0 Å². The fourth-order valence-electron chi connectivity index (χ4n) is 2.70. The van der Waals surface area contributed by atoms with Gasteiger partial charge < -0.3 is 4.74 Å². The second-order valence-corrected chi connectivity index (χ2v) is 7.81. The molecule has 0 aliphatic carbocycles. The van der Waals surface area contributed by atoms with Gasteiger partial charge in [0.25, 0.3) is 0 Å². The lowest BCUT2D eigenvalue weighted by Crippen LogP contribution is -2.45. The molecule has 0 aromatic carbocycles. The van der Waals surface area contributed by atoms with Crippen molar-refractivity contribution >= 4 is 39.4 Å². The zero-order valence-corrected chi connectivity index (χ0v) is 10.5. The maximum atomic E-state index is 11.7. The van der Waals surface area contributed by atoms with E-state index in [0.717, 1.165) is 0 Å². The van der Waals surface area contributed by atoms with Gasteiger partial charge in [-0.15, -0.1) is 23.4 Å². The molecule has 3 fully saturated rings. The maximum Gasteiger partial charge on any atom is 0.321 e. The lowest BCUT2D eigenvalue weighted by atomic mass is 9.93. The number of thioether (sulfide) groups is 1. The minimum absolute atomic E-state index is 0.0307. The number of halogens is 1. The highest BCUT2D eigenvalue weighted by Gasteiger charge is 2.64. The molecule has 3 rings (SSSR count). The lowest BCUT2D eigenvalue weighted by Gasteiger charge is -2.24. The molecule has 2 bridgehead atoms. The number of carbonyl (C=O) groups excluding carboxylic acids is 1. The van der Waals surface area contributed by atoms with Crippen LogP contribution in [0.5, 0.6) is 0 Å². The number of hydrogen-bond acceptors (Lipinski definition) is 5. The van der Waals surface area contributed by atoms with E-state index in [9.17, 15) is 13.2 Å². The van der Waals surface area contributed by atoms with Crippen molar-refractivity contribution in [3.8, 4) is 0 Å². The smallest absolute Gasteiger partial charge is 0.321 e. The monoisotopic (exact) mass is 283 g/mol. The fraction of sp³-hybridized carbons (Fsp3) is 0.875. The van der Waals surface area contributed by atoms with Gasteiger partial charge in [-0.1, -0.05) is 0 Å². The highest BCUT2D eigenvalue weighted by molar-refractivity contribution is 8.03. The van der Waals surface area contributed by atoms with Gasteiger partial charge in [-0.3, -0.25) is 4.79 Å². The Labute approximate surface area is 102 Å². The molecule has 8 heteroatoms. The van der Waals surface area contributed by atoms with Crippen LogP contribution in [0, 0.1) is 0 Å². The summed E-state index contributed by atoms with van der Waals surface area (Å²) in [5.74, 6) is -0.677. The standard InChI is InChI=1S/C8H10ClNO4S2/c9-2-5(11)14-7-3-1-4-8(15-3)6(7)10-16(4,12)13/h3-4,6-8,10H,1-2H2. The summed E-state index contributed by atoms with van der Waals surface area (Å²) in [5.41, 5.74) is 0. The molecule has 5 unspecified atom stereocenters. The average Bonchev–Trinajstić information content (AvgIpc) is 2.81. The summed E-state index contributed by atoms with van der Waals surface area (Å²) >= 11 is 6.98. The van der Waals surface area contributed by atoms with Crippen LogP contribution in [0.4, 0.5) is 0 Å². The van der Waals surface area contributed by atoms with Crippen molar-refractivity contribution in [1.29, 1.82) is 0 Å². The van der Waals surface area contributed by atoms with Crippen LogP contribution in [-0.4, -0.2) is 48.2 Å². The largest absolute Gasteiger partial charge is 0.459 e. The molecule has 3 aliphatic heterocycles. The number of carbonyl (C=O) groups is 1. The molecule has 0 saturated carbocycles. The first-order valence-electron chi connectivity index (χ1n) is 4.95. The highest BCUT2D eigenvalue weighted by Crippen LogP contribution is 2.53. The van der Waals surface area contributed by atoms with E-state index in [2.05, 4.69) is 4.72 Å². The van der Waals surface area contributed by atoms with E-state index in [1.54, 1.807) is 11.8 Å². The topological polar surface area (TPSA) is 72.5 Å². The number of nitrogens with one attached hydrogen (secondary N) is 1. The summed E-state index contributed by atoms with van der Waals surface area (Å²) in [6.07, 6.45) is 0.219. The first kappa shape index (κ1) is 11.1. The Bertz CT molecular complexity index is 439. The second kappa shape index (κ2) is 3.51. The first-order valence-corrected chi connectivity index (χ1v) is 7.97. The van der Waals surface area contributed by atoms with Crippen molar-refractivity contribution in [3.05, 3.63) is 0 Å². The van der Waals surface area contributed by atoms with Crippen molar-refractivity contribution < 1.29 is 17.9 Å². The minimum Gasteiger partial charge on any atom is -0.459 e. The average molecular weight is 284 g/mol. The molecule has 1 N–H and O–H groups in total. The Kier molecular flexibility index (Phi) is 2.44. The predicted octanol–water partition coefficient (Wildman–Crippen LogP) is -0.305. The summed E-state index contributed by atoms with van der Waals surface area (Å²) in [7, 11) is -3.20. The van der Waals surface area contributed by atoms with Gasteiger partial charge in [0.1, 0.15) is 12.0 Å². The molecule has 5 atom stereocenters. The number of hydrogen-bond donors (Lipinski definition) is 1. The molecule has 0 aromatic rings. The number of alkyl halides is 1. The van der Waals surface area contributed by atoms with E-state index in [4.69, 9.17) is 16.3 Å². The molecule has 5 nitrogen and oxygen atoms in total. The molecule has 3 saturated heterocycles. The van der Waals surface area contributed by atoms with Crippen LogP contribution in [0.2, 0.25) is 0 Å². The van der Waals surface area contributed by atoms with Crippen LogP contribution in [-0.2, 0) is 19.6 Å². The Morgan fingerprint density at radius 2 is 2.31 bits per heavy atom. The number of rotatable bonds is 2. The van der Waals surface area contributed by atoms with Crippen molar-refractivity contribution in [2.45, 2.75) is 34.3 Å². The van der Waals surface area contributed by atoms with Crippen molar-refractivity contribution in [3.63, 3.8) is 0 Å². The molecule has 0 radical (unpaired) electrons. The Morgan fingerprint density at radius 1 is 1.56 bits per heavy atom. The van der Waals surface area contributed by atoms with Crippen LogP contribution in [0.15, 0.2) is 0 Å².